The fraction of sp³-hybridized carbons (Fsp3) is 0.0508. The van der Waals surface area contributed by atoms with Gasteiger partial charge in [0.05, 0.1) is 11.0 Å². The molecule has 0 bridgehead atoms. The summed E-state index contributed by atoms with van der Waals surface area (Å²) < 4.78 is 8.78. The highest BCUT2D eigenvalue weighted by atomic mass is 16.3. The fourth-order valence-electron chi connectivity index (χ4n) is 10.6. The summed E-state index contributed by atoms with van der Waals surface area (Å²) in [4.78, 5) is 2.40. The van der Waals surface area contributed by atoms with Crippen molar-refractivity contribution in [2.24, 2.45) is 0 Å². The van der Waals surface area contributed by atoms with Gasteiger partial charge in [-0.2, -0.15) is 0 Å². The van der Waals surface area contributed by atoms with E-state index in [2.05, 4.69) is 217 Å². The van der Waals surface area contributed by atoms with Gasteiger partial charge >= 0.3 is 0 Å². The lowest BCUT2D eigenvalue weighted by atomic mass is 9.82. The van der Waals surface area contributed by atoms with Gasteiger partial charge in [0, 0.05) is 49.7 Å². The van der Waals surface area contributed by atoms with Crippen LogP contribution in [0.15, 0.2) is 211 Å². The van der Waals surface area contributed by atoms with Crippen molar-refractivity contribution in [1.82, 2.24) is 4.57 Å². The summed E-state index contributed by atoms with van der Waals surface area (Å²) in [7, 11) is 0. The molecule has 3 heteroatoms. The first-order valence-electron chi connectivity index (χ1n) is 21.5. The Hall–Kier alpha value is -7.88. The van der Waals surface area contributed by atoms with Crippen molar-refractivity contribution in [2.75, 3.05) is 4.90 Å². The maximum atomic E-state index is 6.29. The number of furan rings is 1. The molecule has 0 spiro atoms. The second kappa shape index (κ2) is 13.1. The quantitative estimate of drug-likeness (QED) is 0.173. The summed E-state index contributed by atoms with van der Waals surface area (Å²) in [5, 5.41) is 9.92. The Bertz CT molecular complexity index is 3680. The lowest BCUT2D eigenvalue weighted by Gasteiger charge is -2.28. The molecular formula is C59H40N2O. The molecule has 1 aliphatic rings. The van der Waals surface area contributed by atoms with Crippen molar-refractivity contribution in [3.05, 3.63) is 217 Å². The van der Waals surface area contributed by atoms with Crippen LogP contribution < -0.4 is 4.90 Å². The average molecular weight is 793 g/mol. The van der Waals surface area contributed by atoms with Crippen LogP contribution in [0.4, 0.5) is 17.1 Å². The standard InChI is InChI=1S/C59H40N2O/c1-59(2)51-35-43(60(41-24-20-38(21-25-41)37-12-4-3-5-13-37)42-28-33-56-50(34-42)49-18-10-11-19-55(49)62-56)26-29-47(51)48-30-27-44(36-52(48)59)61-53-31-22-39-14-6-8-16-45(39)57(53)58-46-17-9-7-15-40(46)23-32-54(58)61/h3-36H,1-2H3. The Morgan fingerprint density at radius 2 is 0.935 bits per heavy atom. The molecule has 0 unspecified atom stereocenters. The molecule has 12 aromatic rings. The highest BCUT2D eigenvalue weighted by Crippen LogP contribution is 2.52. The topological polar surface area (TPSA) is 21.3 Å². The van der Waals surface area contributed by atoms with Crippen LogP contribution in [0.1, 0.15) is 25.0 Å². The third-order valence-corrected chi connectivity index (χ3v) is 13.6. The van der Waals surface area contributed by atoms with Gasteiger partial charge in [-0.05, 0) is 128 Å². The molecule has 0 fully saturated rings. The molecule has 3 nitrogen and oxygen atoms in total. The van der Waals surface area contributed by atoms with E-state index in [1.807, 2.05) is 12.1 Å². The van der Waals surface area contributed by atoms with Crippen LogP contribution in [-0.4, -0.2) is 4.57 Å². The summed E-state index contributed by atoms with van der Waals surface area (Å²) in [6.07, 6.45) is 0. The zero-order valence-electron chi connectivity index (χ0n) is 34.4. The molecule has 0 aliphatic heterocycles. The van der Waals surface area contributed by atoms with Crippen LogP contribution in [-0.2, 0) is 5.41 Å². The first kappa shape index (κ1) is 34.9. The maximum Gasteiger partial charge on any atom is 0.135 e. The van der Waals surface area contributed by atoms with E-state index in [1.54, 1.807) is 0 Å². The number of aromatic nitrogens is 1. The smallest absolute Gasteiger partial charge is 0.135 e. The molecule has 2 aromatic heterocycles. The Morgan fingerprint density at radius 3 is 1.65 bits per heavy atom. The van der Waals surface area contributed by atoms with Crippen LogP contribution in [0.5, 0.6) is 0 Å². The number of hydrogen-bond acceptors (Lipinski definition) is 2. The van der Waals surface area contributed by atoms with Gasteiger partial charge in [-0.1, -0.05) is 147 Å². The van der Waals surface area contributed by atoms with Crippen LogP contribution >= 0.6 is 0 Å². The minimum absolute atomic E-state index is 0.262. The molecule has 10 aromatic carbocycles. The molecule has 0 saturated carbocycles. The van der Waals surface area contributed by atoms with Gasteiger partial charge < -0.3 is 13.9 Å². The Kier molecular flexibility index (Phi) is 7.36. The molecule has 292 valence electrons. The molecule has 0 saturated heterocycles. The Morgan fingerprint density at radius 1 is 0.403 bits per heavy atom. The largest absolute Gasteiger partial charge is 0.456 e. The number of rotatable bonds is 5. The molecule has 13 rings (SSSR count). The lowest BCUT2D eigenvalue weighted by molar-refractivity contribution is 0.660. The summed E-state index contributed by atoms with van der Waals surface area (Å²) in [6, 6.07) is 75.5. The maximum absolute atomic E-state index is 6.29. The van der Waals surface area contributed by atoms with E-state index in [0.717, 1.165) is 39.0 Å². The minimum atomic E-state index is -0.262. The van der Waals surface area contributed by atoms with Crippen molar-refractivity contribution < 1.29 is 4.42 Å². The van der Waals surface area contributed by atoms with E-state index >= 15 is 0 Å². The van der Waals surface area contributed by atoms with Crippen molar-refractivity contribution in [1.29, 1.82) is 0 Å². The monoisotopic (exact) mass is 792 g/mol. The number of fused-ring (bicyclic) bond motifs is 13. The molecule has 1 aliphatic carbocycles. The first-order valence-corrected chi connectivity index (χ1v) is 21.5. The lowest BCUT2D eigenvalue weighted by Crippen LogP contribution is -2.17. The minimum Gasteiger partial charge on any atom is -0.456 e. The summed E-state index contributed by atoms with van der Waals surface area (Å²) in [5.41, 5.74) is 16.1. The Labute approximate surface area is 359 Å². The predicted molar refractivity (Wildman–Crippen MR) is 261 cm³/mol. The summed E-state index contributed by atoms with van der Waals surface area (Å²) in [5.74, 6) is 0. The number of nitrogens with zero attached hydrogens (tertiary/aromatic N) is 2. The van der Waals surface area contributed by atoms with E-state index in [1.165, 1.54) is 82.4 Å². The molecule has 0 N–H and O–H groups in total. The normalized spacial score (nSPS) is 13.1. The van der Waals surface area contributed by atoms with E-state index in [0.29, 0.717) is 0 Å². The van der Waals surface area contributed by atoms with Crippen LogP contribution in [0.2, 0.25) is 0 Å². The third kappa shape index (κ3) is 5.06. The predicted octanol–water partition coefficient (Wildman–Crippen LogP) is 16.4. The highest BCUT2D eigenvalue weighted by Gasteiger charge is 2.37. The first-order chi connectivity index (χ1) is 30.5. The van der Waals surface area contributed by atoms with Gasteiger partial charge in [-0.25, -0.2) is 0 Å². The number of benzene rings is 10. The SMILES string of the molecule is CC1(C)c2cc(N(c3ccc(-c4ccccc4)cc3)c3ccc4oc5ccccc5c4c3)ccc2-c2ccc(-n3c4ccc5ccccc5c4c4c5ccccc5ccc43)cc21. The van der Waals surface area contributed by atoms with Gasteiger partial charge in [0.1, 0.15) is 11.2 Å². The van der Waals surface area contributed by atoms with Crippen molar-refractivity contribution in [3.8, 4) is 27.9 Å². The summed E-state index contributed by atoms with van der Waals surface area (Å²) >= 11 is 0. The van der Waals surface area contributed by atoms with Crippen LogP contribution in [0, 0.1) is 0 Å². The molecule has 0 amide bonds. The molecule has 0 radical (unpaired) electrons. The molecule has 0 atom stereocenters. The van der Waals surface area contributed by atoms with Gasteiger partial charge in [-0.3, -0.25) is 0 Å². The zero-order valence-corrected chi connectivity index (χ0v) is 34.4. The fourth-order valence-corrected chi connectivity index (χ4v) is 10.6. The van der Waals surface area contributed by atoms with Crippen molar-refractivity contribution in [2.45, 2.75) is 19.3 Å². The number of hydrogen-bond donors (Lipinski definition) is 0. The Balaban J connectivity index is 0.969. The van der Waals surface area contributed by atoms with Gasteiger partial charge in [0.15, 0.2) is 0 Å². The zero-order chi connectivity index (χ0) is 41.1. The van der Waals surface area contributed by atoms with Crippen LogP contribution in [0.3, 0.4) is 0 Å². The van der Waals surface area contributed by atoms with E-state index < -0.39 is 0 Å². The molecule has 62 heavy (non-hydrogen) atoms. The second-order valence-corrected chi connectivity index (χ2v) is 17.3. The van der Waals surface area contributed by atoms with Crippen molar-refractivity contribution in [3.63, 3.8) is 0 Å². The second-order valence-electron chi connectivity index (χ2n) is 17.3. The van der Waals surface area contributed by atoms with E-state index in [-0.39, 0.29) is 5.41 Å². The number of anilines is 3. The van der Waals surface area contributed by atoms with Crippen LogP contribution in [0.25, 0.3) is 93.2 Å². The molecular weight excluding hydrogens is 753 g/mol. The van der Waals surface area contributed by atoms with Gasteiger partial charge in [-0.15, -0.1) is 0 Å². The molecule has 2 heterocycles. The summed E-state index contributed by atoms with van der Waals surface area (Å²) in [6.45, 7) is 4.78. The van der Waals surface area contributed by atoms with E-state index in [4.69, 9.17) is 4.42 Å². The third-order valence-electron chi connectivity index (χ3n) is 13.6. The van der Waals surface area contributed by atoms with Gasteiger partial charge in [0.25, 0.3) is 0 Å². The average Bonchev–Trinajstić information content (AvgIpc) is 3.95. The van der Waals surface area contributed by atoms with Gasteiger partial charge in [0.2, 0.25) is 0 Å². The highest BCUT2D eigenvalue weighted by molar-refractivity contribution is 6.28. The van der Waals surface area contributed by atoms with Crippen molar-refractivity contribution >= 4 is 82.4 Å². The van der Waals surface area contributed by atoms with E-state index in [9.17, 15) is 0 Å². The number of para-hydroxylation sites is 1.